The third kappa shape index (κ3) is 6.41. The fraction of sp³-hybridized carbons (Fsp3) is 0.182. The number of nitrogens with zero attached hydrogens (tertiary/aromatic N) is 4. The Morgan fingerprint density at radius 2 is 1.85 bits per heavy atom. The molecule has 41 heavy (non-hydrogen) atoms. The lowest BCUT2D eigenvalue weighted by molar-refractivity contribution is 0.150. The molecule has 0 saturated carbocycles. The Balaban J connectivity index is 1.14. The molecule has 1 aliphatic rings. The summed E-state index contributed by atoms with van der Waals surface area (Å²) in [5.41, 5.74) is 6.92. The normalized spacial score (nSPS) is 14.8. The van der Waals surface area contributed by atoms with E-state index in [0.29, 0.717) is 29.6 Å². The van der Waals surface area contributed by atoms with Crippen molar-refractivity contribution in [1.29, 1.82) is 5.26 Å². The average molecular weight is 561 g/mol. The molecule has 7 nitrogen and oxygen atoms in total. The first-order chi connectivity index (χ1) is 20.1. The molecule has 2 aromatic heterocycles. The molecule has 1 aliphatic heterocycles. The van der Waals surface area contributed by atoms with Gasteiger partial charge in [-0.25, -0.2) is 4.98 Å². The van der Waals surface area contributed by atoms with Crippen LogP contribution in [-0.4, -0.2) is 34.0 Å². The number of fused-ring (bicyclic) bond motifs is 1. The standard InChI is InChI=1S/C33H29ClN6O/c34-29-8-4-5-25(15-29)21-40-22-28(19-39-40)27-16-30-33(38-18-27)41-31(20-37-30)32(26-6-2-1-3-7-26)36-14-13-23-9-11-24(17-35)12-10-23/h1-12,15-16,18-19,22,31-32,36-37H,13-14,20-21H2/t31-,32+/m0/s1. The molecule has 0 unspecified atom stereocenters. The van der Waals surface area contributed by atoms with E-state index in [-0.39, 0.29) is 12.1 Å². The lowest BCUT2D eigenvalue weighted by atomic mass is 9.99. The average Bonchev–Trinajstić information content (AvgIpc) is 3.48. The van der Waals surface area contributed by atoms with Gasteiger partial charge < -0.3 is 15.4 Å². The van der Waals surface area contributed by atoms with Gasteiger partial charge in [0.25, 0.3) is 0 Å². The van der Waals surface area contributed by atoms with Crippen molar-refractivity contribution in [3.8, 4) is 23.1 Å². The Labute approximate surface area is 244 Å². The second-order valence-electron chi connectivity index (χ2n) is 10.1. The number of nitrogens with one attached hydrogen (secondary N) is 2. The molecule has 6 rings (SSSR count). The largest absolute Gasteiger partial charge is 0.469 e. The summed E-state index contributed by atoms with van der Waals surface area (Å²) >= 11 is 6.13. The second-order valence-corrected chi connectivity index (χ2v) is 10.5. The molecular formula is C33H29ClN6O. The van der Waals surface area contributed by atoms with Crippen LogP contribution in [0.4, 0.5) is 5.69 Å². The summed E-state index contributed by atoms with van der Waals surface area (Å²) in [6.07, 6.45) is 6.39. The van der Waals surface area contributed by atoms with Crippen molar-refractivity contribution >= 4 is 17.3 Å². The zero-order valence-corrected chi connectivity index (χ0v) is 23.1. The van der Waals surface area contributed by atoms with Crippen molar-refractivity contribution in [2.45, 2.75) is 25.1 Å². The highest BCUT2D eigenvalue weighted by Gasteiger charge is 2.29. The topological polar surface area (TPSA) is 87.8 Å². The SMILES string of the molecule is N#Cc1ccc(CCN[C@H](c2ccccc2)[C@@H]2CNc3cc(-c4cnn(Cc5cccc(Cl)c5)c4)cnc3O2)cc1. The molecule has 0 bridgehead atoms. The van der Waals surface area contributed by atoms with Crippen molar-refractivity contribution < 1.29 is 4.74 Å². The maximum Gasteiger partial charge on any atom is 0.237 e. The number of ether oxygens (including phenoxy) is 1. The Kier molecular flexibility index (Phi) is 7.94. The first-order valence-corrected chi connectivity index (χ1v) is 14.0. The molecule has 0 spiro atoms. The van der Waals surface area contributed by atoms with Crippen LogP contribution in [0, 0.1) is 11.3 Å². The highest BCUT2D eigenvalue weighted by Crippen LogP contribution is 2.34. The minimum absolute atomic E-state index is 0.0265. The highest BCUT2D eigenvalue weighted by molar-refractivity contribution is 6.30. The summed E-state index contributed by atoms with van der Waals surface area (Å²) in [7, 11) is 0. The van der Waals surface area contributed by atoms with Crippen LogP contribution in [0.15, 0.2) is 104 Å². The first-order valence-electron chi connectivity index (χ1n) is 13.6. The third-order valence-electron chi connectivity index (χ3n) is 7.20. The Morgan fingerprint density at radius 3 is 2.66 bits per heavy atom. The van der Waals surface area contributed by atoms with E-state index in [1.54, 1.807) is 0 Å². The molecule has 204 valence electrons. The van der Waals surface area contributed by atoms with Gasteiger partial charge in [-0.2, -0.15) is 10.4 Å². The minimum atomic E-state index is -0.148. The van der Waals surface area contributed by atoms with E-state index in [1.165, 1.54) is 5.56 Å². The van der Waals surface area contributed by atoms with Gasteiger partial charge in [-0.3, -0.25) is 4.68 Å². The van der Waals surface area contributed by atoms with Gasteiger partial charge in [-0.05, 0) is 60.0 Å². The Hall–Kier alpha value is -4.64. The lowest BCUT2D eigenvalue weighted by Crippen LogP contribution is -2.43. The number of anilines is 1. The van der Waals surface area contributed by atoms with Crippen LogP contribution >= 0.6 is 11.6 Å². The number of rotatable bonds is 9. The number of benzene rings is 3. The van der Waals surface area contributed by atoms with Crippen LogP contribution in [-0.2, 0) is 13.0 Å². The second kappa shape index (κ2) is 12.3. The number of aromatic nitrogens is 3. The number of pyridine rings is 1. The summed E-state index contributed by atoms with van der Waals surface area (Å²) in [5.74, 6) is 0.589. The van der Waals surface area contributed by atoms with Crippen molar-refractivity contribution in [2.24, 2.45) is 0 Å². The molecule has 2 N–H and O–H groups in total. The summed E-state index contributed by atoms with van der Waals surface area (Å²) in [6, 6.07) is 30.1. The van der Waals surface area contributed by atoms with E-state index in [2.05, 4.69) is 45.0 Å². The monoisotopic (exact) mass is 560 g/mol. The quantitative estimate of drug-likeness (QED) is 0.221. The Morgan fingerprint density at radius 1 is 1.00 bits per heavy atom. The van der Waals surface area contributed by atoms with Crippen LogP contribution in [0.5, 0.6) is 5.88 Å². The van der Waals surface area contributed by atoms with Crippen LogP contribution in [0.1, 0.15) is 28.3 Å². The van der Waals surface area contributed by atoms with E-state index in [0.717, 1.165) is 40.9 Å². The fourth-order valence-corrected chi connectivity index (χ4v) is 5.29. The van der Waals surface area contributed by atoms with Gasteiger partial charge >= 0.3 is 0 Å². The van der Waals surface area contributed by atoms with E-state index in [1.807, 2.05) is 90.0 Å². The predicted molar refractivity (Wildman–Crippen MR) is 161 cm³/mol. The van der Waals surface area contributed by atoms with Crippen molar-refractivity contribution in [1.82, 2.24) is 20.1 Å². The van der Waals surface area contributed by atoms with Gasteiger partial charge in [0.1, 0.15) is 6.10 Å². The highest BCUT2D eigenvalue weighted by atomic mass is 35.5. The van der Waals surface area contributed by atoms with Crippen LogP contribution in [0.3, 0.4) is 0 Å². The molecule has 0 saturated heterocycles. The molecular weight excluding hydrogens is 532 g/mol. The molecule has 0 aliphatic carbocycles. The Bertz CT molecular complexity index is 1660. The number of hydrogen-bond acceptors (Lipinski definition) is 6. The van der Waals surface area contributed by atoms with Gasteiger partial charge in [0.05, 0.1) is 42.6 Å². The maximum absolute atomic E-state index is 9.05. The lowest BCUT2D eigenvalue weighted by Gasteiger charge is -2.33. The zero-order chi connectivity index (χ0) is 28.0. The first kappa shape index (κ1) is 26.6. The molecule has 0 radical (unpaired) electrons. The summed E-state index contributed by atoms with van der Waals surface area (Å²) in [4.78, 5) is 4.68. The number of nitriles is 1. The van der Waals surface area contributed by atoms with Crippen LogP contribution < -0.4 is 15.4 Å². The molecule has 5 aromatic rings. The summed E-state index contributed by atoms with van der Waals surface area (Å²) in [5, 5.41) is 21.5. The summed E-state index contributed by atoms with van der Waals surface area (Å²) in [6.45, 7) is 2.04. The van der Waals surface area contributed by atoms with Gasteiger partial charge in [0.15, 0.2) is 0 Å². The van der Waals surface area contributed by atoms with Gasteiger partial charge in [0, 0.05) is 28.5 Å². The van der Waals surface area contributed by atoms with Crippen LogP contribution in [0.25, 0.3) is 11.1 Å². The summed E-state index contributed by atoms with van der Waals surface area (Å²) < 4.78 is 8.36. The van der Waals surface area contributed by atoms with Gasteiger partial charge in [-0.1, -0.05) is 66.2 Å². The van der Waals surface area contributed by atoms with Crippen molar-refractivity contribution in [3.63, 3.8) is 0 Å². The van der Waals surface area contributed by atoms with Crippen molar-refractivity contribution in [3.05, 3.63) is 131 Å². The predicted octanol–water partition coefficient (Wildman–Crippen LogP) is 6.26. The van der Waals surface area contributed by atoms with Gasteiger partial charge in [-0.15, -0.1) is 0 Å². The third-order valence-corrected chi connectivity index (χ3v) is 7.43. The molecule has 0 amide bonds. The zero-order valence-electron chi connectivity index (χ0n) is 22.4. The van der Waals surface area contributed by atoms with E-state index < -0.39 is 0 Å². The molecule has 0 fully saturated rings. The van der Waals surface area contributed by atoms with Gasteiger partial charge in [0.2, 0.25) is 5.88 Å². The number of hydrogen-bond donors (Lipinski definition) is 2. The van der Waals surface area contributed by atoms with E-state index >= 15 is 0 Å². The molecule has 8 heteroatoms. The molecule has 2 atom stereocenters. The minimum Gasteiger partial charge on any atom is -0.469 e. The molecule has 3 aromatic carbocycles. The number of halogens is 1. The smallest absolute Gasteiger partial charge is 0.237 e. The van der Waals surface area contributed by atoms with E-state index in [4.69, 9.17) is 21.6 Å². The fourth-order valence-electron chi connectivity index (χ4n) is 5.08. The van der Waals surface area contributed by atoms with Crippen LogP contribution in [0.2, 0.25) is 5.02 Å². The van der Waals surface area contributed by atoms with Crippen molar-refractivity contribution in [2.75, 3.05) is 18.4 Å². The van der Waals surface area contributed by atoms with E-state index in [9.17, 15) is 0 Å². The maximum atomic E-state index is 9.05. The molecule has 3 heterocycles.